The molecule has 1 rings (SSSR count). The van der Waals surface area contributed by atoms with Crippen LogP contribution in [0.5, 0.6) is 0 Å². The summed E-state index contributed by atoms with van der Waals surface area (Å²) in [5.74, 6) is 0. The van der Waals surface area contributed by atoms with Gasteiger partial charge in [-0.3, -0.25) is 0 Å². The summed E-state index contributed by atoms with van der Waals surface area (Å²) in [6, 6.07) is 0. The van der Waals surface area contributed by atoms with Crippen molar-refractivity contribution in [2.75, 3.05) is 6.54 Å². The van der Waals surface area contributed by atoms with Gasteiger partial charge in [0.1, 0.15) is 5.60 Å². The van der Waals surface area contributed by atoms with Gasteiger partial charge in [0.05, 0.1) is 0 Å². The summed E-state index contributed by atoms with van der Waals surface area (Å²) in [6.45, 7) is 4.45. The van der Waals surface area contributed by atoms with Crippen molar-refractivity contribution in [1.29, 1.82) is 0 Å². The zero-order valence-corrected chi connectivity index (χ0v) is 6.44. The lowest BCUT2D eigenvalue weighted by molar-refractivity contribution is 0.0939. The smallest absolute Gasteiger partial charge is 0.407 e. The molecule has 1 amide bonds. The quantitative estimate of drug-likeness (QED) is 0.632. The van der Waals surface area contributed by atoms with Crippen LogP contribution in [-0.4, -0.2) is 18.2 Å². The third-order valence-corrected chi connectivity index (χ3v) is 1.61. The molecule has 0 aliphatic heterocycles. The topological polar surface area (TPSA) is 38.3 Å². The van der Waals surface area contributed by atoms with E-state index >= 15 is 0 Å². The normalized spacial score (nSPS) is 19.8. The van der Waals surface area contributed by atoms with E-state index < -0.39 is 0 Å². The maximum atomic E-state index is 10.8. The molecule has 0 unspecified atom stereocenters. The van der Waals surface area contributed by atoms with E-state index in [2.05, 4.69) is 5.32 Å². The van der Waals surface area contributed by atoms with Crippen molar-refractivity contribution in [3.05, 3.63) is 0 Å². The van der Waals surface area contributed by atoms with E-state index in [1.165, 1.54) is 0 Å². The molecule has 3 nitrogen and oxygen atoms in total. The number of rotatable bonds is 2. The van der Waals surface area contributed by atoms with Crippen LogP contribution in [0, 0.1) is 0 Å². The van der Waals surface area contributed by atoms with Crippen molar-refractivity contribution >= 4 is 6.09 Å². The highest BCUT2D eigenvalue weighted by atomic mass is 16.6. The lowest BCUT2D eigenvalue weighted by atomic mass is 10.4. The molecule has 0 aromatic rings. The average molecular weight is 143 g/mol. The van der Waals surface area contributed by atoms with Gasteiger partial charge in [0, 0.05) is 6.54 Å². The molecule has 10 heavy (non-hydrogen) atoms. The van der Waals surface area contributed by atoms with Crippen LogP contribution in [0.15, 0.2) is 0 Å². The molecule has 3 heteroatoms. The molecule has 0 radical (unpaired) electrons. The molecule has 1 aliphatic rings. The third-order valence-electron chi connectivity index (χ3n) is 1.61. The molecule has 0 aromatic heterocycles. The van der Waals surface area contributed by atoms with Crippen LogP contribution in [0.25, 0.3) is 0 Å². The Morgan fingerprint density at radius 1 is 1.70 bits per heavy atom. The van der Waals surface area contributed by atoms with Gasteiger partial charge in [-0.15, -0.1) is 0 Å². The summed E-state index contributed by atoms with van der Waals surface area (Å²) in [7, 11) is 0. The van der Waals surface area contributed by atoms with Crippen molar-refractivity contribution < 1.29 is 9.53 Å². The molecule has 1 N–H and O–H groups in total. The molecular weight excluding hydrogens is 130 g/mol. The maximum Gasteiger partial charge on any atom is 0.407 e. The first kappa shape index (κ1) is 7.38. The number of alkyl carbamates (subject to hydrolysis) is 1. The van der Waals surface area contributed by atoms with Gasteiger partial charge in [0.15, 0.2) is 0 Å². The van der Waals surface area contributed by atoms with E-state index in [0.717, 1.165) is 12.8 Å². The summed E-state index contributed by atoms with van der Waals surface area (Å²) in [5.41, 5.74) is -0.140. The molecular formula is C7H13NO2. The van der Waals surface area contributed by atoms with Crippen LogP contribution >= 0.6 is 0 Å². The van der Waals surface area contributed by atoms with Crippen molar-refractivity contribution in [2.24, 2.45) is 0 Å². The number of ether oxygens (including phenoxy) is 1. The Hall–Kier alpha value is -0.730. The number of amides is 1. The molecule has 0 saturated heterocycles. The predicted octanol–water partition coefficient (Wildman–Crippen LogP) is 1.29. The highest BCUT2D eigenvalue weighted by Crippen LogP contribution is 2.38. The molecule has 1 aliphatic carbocycles. The van der Waals surface area contributed by atoms with Crippen LogP contribution in [-0.2, 0) is 4.74 Å². The fourth-order valence-corrected chi connectivity index (χ4v) is 0.682. The zero-order valence-electron chi connectivity index (χ0n) is 6.44. The Bertz CT molecular complexity index is 141. The number of carbonyl (C=O) groups excluding carboxylic acids is 1. The van der Waals surface area contributed by atoms with E-state index in [1.54, 1.807) is 0 Å². The molecule has 58 valence electrons. The first-order chi connectivity index (χ1) is 4.66. The average Bonchev–Trinajstić information content (AvgIpc) is 2.48. The number of hydrogen-bond acceptors (Lipinski definition) is 2. The first-order valence-electron chi connectivity index (χ1n) is 3.63. The van der Waals surface area contributed by atoms with Gasteiger partial charge in [-0.1, -0.05) is 0 Å². The van der Waals surface area contributed by atoms with Crippen LogP contribution in [0.2, 0.25) is 0 Å². The van der Waals surface area contributed by atoms with E-state index in [1.807, 2.05) is 13.8 Å². The van der Waals surface area contributed by atoms with Gasteiger partial charge in [-0.25, -0.2) is 4.79 Å². The lowest BCUT2D eigenvalue weighted by Crippen LogP contribution is -2.28. The predicted molar refractivity (Wildman–Crippen MR) is 37.8 cm³/mol. The van der Waals surface area contributed by atoms with Crippen LogP contribution in [0.1, 0.15) is 26.7 Å². The molecule has 1 saturated carbocycles. The Labute approximate surface area is 60.7 Å². The van der Waals surface area contributed by atoms with E-state index in [0.29, 0.717) is 6.54 Å². The molecule has 0 spiro atoms. The summed E-state index contributed by atoms with van der Waals surface area (Å²) in [5, 5.41) is 2.58. The Kier molecular flexibility index (Phi) is 1.83. The highest BCUT2D eigenvalue weighted by molar-refractivity contribution is 5.67. The second kappa shape index (κ2) is 2.48. The molecule has 0 aromatic carbocycles. The standard InChI is InChI=1S/C7H13NO2/c1-3-8-6(9)10-7(2)4-5-7/h3-5H2,1-2H3,(H,8,9). The second-order valence-electron chi connectivity index (χ2n) is 2.87. The van der Waals surface area contributed by atoms with E-state index in [4.69, 9.17) is 4.74 Å². The van der Waals surface area contributed by atoms with Gasteiger partial charge in [0.25, 0.3) is 0 Å². The van der Waals surface area contributed by atoms with Gasteiger partial charge in [0.2, 0.25) is 0 Å². The van der Waals surface area contributed by atoms with Crippen LogP contribution < -0.4 is 5.32 Å². The summed E-state index contributed by atoms with van der Waals surface area (Å²) in [4.78, 5) is 10.8. The van der Waals surface area contributed by atoms with Crippen molar-refractivity contribution in [3.8, 4) is 0 Å². The fourth-order valence-electron chi connectivity index (χ4n) is 0.682. The van der Waals surface area contributed by atoms with Gasteiger partial charge >= 0.3 is 6.09 Å². The van der Waals surface area contributed by atoms with E-state index in [9.17, 15) is 4.79 Å². The van der Waals surface area contributed by atoms with Crippen molar-refractivity contribution in [3.63, 3.8) is 0 Å². The zero-order chi connectivity index (χ0) is 7.61. The monoisotopic (exact) mass is 143 g/mol. The number of hydrogen-bond donors (Lipinski definition) is 1. The number of nitrogens with one attached hydrogen (secondary N) is 1. The maximum absolute atomic E-state index is 10.8. The SMILES string of the molecule is CCNC(=O)OC1(C)CC1. The molecule has 0 heterocycles. The fraction of sp³-hybridized carbons (Fsp3) is 0.857. The minimum atomic E-state index is -0.289. The number of carbonyl (C=O) groups is 1. The minimum absolute atomic E-state index is 0.140. The van der Waals surface area contributed by atoms with Crippen LogP contribution in [0.3, 0.4) is 0 Å². The van der Waals surface area contributed by atoms with E-state index in [-0.39, 0.29) is 11.7 Å². The molecule has 0 bridgehead atoms. The molecule has 1 fully saturated rings. The lowest BCUT2D eigenvalue weighted by Gasteiger charge is -2.10. The molecule has 0 atom stereocenters. The van der Waals surface area contributed by atoms with Gasteiger partial charge in [-0.05, 0) is 26.7 Å². The Morgan fingerprint density at radius 2 is 2.30 bits per heavy atom. The van der Waals surface area contributed by atoms with Gasteiger partial charge in [-0.2, -0.15) is 0 Å². The van der Waals surface area contributed by atoms with Crippen molar-refractivity contribution in [2.45, 2.75) is 32.3 Å². The minimum Gasteiger partial charge on any atom is -0.443 e. The first-order valence-corrected chi connectivity index (χ1v) is 3.63. The van der Waals surface area contributed by atoms with Crippen LogP contribution in [0.4, 0.5) is 4.79 Å². The largest absolute Gasteiger partial charge is 0.443 e. The van der Waals surface area contributed by atoms with Crippen molar-refractivity contribution in [1.82, 2.24) is 5.32 Å². The summed E-state index contributed by atoms with van der Waals surface area (Å²) in [6.07, 6.45) is 1.72. The Balaban J connectivity index is 2.18. The van der Waals surface area contributed by atoms with Gasteiger partial charge < -0.3 is 10.1 Å². The highest BCUT2D eigenvalue weighted by Gasteiger charge is 2.41. The second-order valence-corrected chi connectivity index (χ2v) is 2.87. The summed E-state index contributed by atoms with van der Waals surface area (Å²) < 4.78 is 5.04. The summed E-state index contributed by atoms with van der Waals surface area (Å²) >= 11 is 0. The third kappa shape index (κ3) is 1.90. The Morgan fingerprint density at radius 3 is 2.70 bits per heavy atom.